The average Bonchev–Trinajstić information content (AvgIpc) is 3.50. The van der Waals surface area contributed by atoms with Crippen LogP contribution in [0.3, 0.4) is 0 Å². The molecule has 188 valence electrons. The first-order valence-electron chi connectivity index (χ1n) is 11.0. The van der Waals surface area contributed by atoms with Crippen molar-refractivity contribution in [3.05, 3.63) is 65.6 Å². The van der Waals surface area contributed by atoms with Gasteiger partial charge in [-0.1, -0.05) is 18.2 Å². The number of nitrogens with two attached hydrogens (primary N) is 1. The van der Waals surface area contributed by atoms with E-state index >= 15 is 0 Å². The van der Waals surface area contributed by atoms with Crippen molar-refractivity contribution in [3.63, 3.8) is 0 Å². The normalized spacial score (nSPS) is 16.0. The van der Waals surface area contributed by atoms with Crippen LogP contribution in [0.15, 0.2) is 48.9 Å². The lowest BCUT2D eigenvalue weighted by Crippen LogP contribution is -2.16. The van der Waals surface area contributed by atoms with Gasteiger partial charge in [0.15, 0.2) is 5.65 Å². The highest BCUT2D eigenvalue weighted by molar-refractivity contribution is 5.99. The highest BCUT2D eigenvalue weighted by Crippen LogP contribution is 2.37. The molecule has 5 rings (SSSR count). The lowest BCUT2D eigenvalue weighted by molar-refractivity contribution is -0.138. The Hall–Kier alpha value is -4.06. The minimum Gasteiger partial charge on any atom is -0.467 e. The summed E-state index contributed by atoms with van der Waals surface area (Å²) in [5.41, 5.74) is 7.39. The molecule has 0 spiro atoms. The number of likely N-dealkylation sites (tertiary alicyclic amines) is 1. The number of primary amides is 1. The summed E-state index contributed by atoms with van der Waals surface area (Å²) >= 11 is 0. The van der Waals surface area contributed by atoms with Crippen LogP contribution in [0, 0.1) is 0 Å². The van der Waals surface area contributed by atoms with Crippen molar-refractivity contribution in [2.75, 3.05) is 27.2 Å². The maximum absolute atomic E-state index is 12.8. The second-order valence-corrected chi connectivity index (χ2v) is 8.35. The Labute approximate surface area is 204 Å². The molecule has 1 unspecified atom stereocenters. The van der Waals surface area contributed by atoms with E-state index < -0.39 is 17.6 Å². The fourth-order valence-electron chi connectivity index (χ4n) is 4.11. The van der Waals surface area contributed by atoms with Gasteiger partial charge in [-0.05, 0) is 43.6 Å². The molecule has 3 aromatic heterocycles. The van der Waals surface area contributed by atoms with Crippen LogP contribution in [0.4, 0.5) is 13.2 Å². The zero-order valence-electron chi connectivity index (χ0n) is 19.6. The third-order valence-corrected chi connectivity index (χ3v) is 5.89. The van der Waals surface area contributed by atoms with Crippen LogP contribution in [0.2, 0.25) is 0 Å². The molecule has 1 aromatic carbocycles. The van der Waals surface area contributed by atoms with E-state index in [-0.39, 0.29) is 11.9 Å². The molecule has 4 heterocycles. The number of likely N-dealkylation sites (N-methyl/N-ethyl adjacent to an activating group) is 1. The predicted molar refractivity (Wildman–Crippen MR) is 126 cm³/mol. The number of carbonyl (C=O) groups is 1. The molecule has 1 fully saturated rings. The number of hydrogen-bond donors (Lipinski definition) is 2. The molecule has 1 aliphatic rings. The molecule has 1 saturated heterocycles. The number of nitrogens with zero attached hydrogens (tertiary/aromatic N) is 5. The fraction of sp³-hybridized carbons (Fsp3) is 0.292. The van der Waals surface area contributed by atoms with Crippen LogP contribution in [-0.4, -0.2) is 63.2 Å². The number of pyridine rings is 1. The van der Waals surface area contributed by atoms with E-state index in [4.69, 9.17) is 10.5 Å². The van der Waals surface area contributed by atoms with Crippen molar-refractivity contribution in [2.24, 2.45) is 5.73 Å². The number of carbonyl (C=O) groups excluding carboxylic acids is 1. The Morgan fingerprint density at radius 2 is 1.89 bits per heavy atom. The number of aromatic nitrogens is 5. The molecular weight excluding hydrogens is 475 g/mol. The van der Waals surface area contributed by atoms with Gasteiger partial charge in [0.25, 0.3) is 0 Å². The van der Waals surface area contributed by atoms with Crippen molar-refractivity contribution < 1.29 is 22.7 Å². The van der Waals surface area contributed by atoms with E-state index in [1.54, 1.807) is 30.6 Å². The molecule has 1 atom stereocenters. The molecular formula is C24H24F3N7O2. The first-order valence-corrected chi connectivity index (χ1v) is 11.0. The van der Waals surface area contributed by atoms with Gasteiger partial charge in [0.2, 0.25) is 5.91 Å². The van der Waals surface area contributed by atoms with Gasteiger partial charge in [-0.3, -0.25) is 9.89 Å². The standard InChI is InChI=1S/C12H14F3N.C12H10N6O2/c1-16-7-6-9(8-16)10-4-2-3-5-11(10)12(13,14)15;1-20-12-15-4-7(5-16-12)9-8-2-6(10(13)19)3-14-11(8)18-17-9/h2-5,9H,6-8H2,1H3;2-5H,1H3,(H2,13,19)(H,14,17,18). The predicted octanol–water partition coefficient (Wildman–Crippen LogP) is 3.65. The summed E-state index contributed by atoms with van der Waals surface area (Å²) in [6.07, 6.45) is 1.15. The molecule has 12 heteroatoms. The number of benzene rings is 1. The van der Waals surface area contributed by atoms with E-state index in [1.165, 1.54) is 25.4 Å². The number of hydrogen-bond acceptors (Lipinski definition) is 7. The molecule has 3 N–H and O–H groups in total. The van der Waals surface area contributed by atoms with E-state index in [1.807, 2.05) is 7.05 Å². The summed E-state index contributed by atoms with van der Waals surface area (Å²) < 4.78 is 43.3. The topological polar surface area (TPSA) is 123 Å². The third-order valence-electron chi connectivity index (χ3n) is 5.89. The van der Waals surface area contributed by atoms with Crippen molar-refractivity contribution in [3.8, 4) is 17.3 Å². The first-order chi connectivity index (χ1) is 17.2. The van der Waals surface area contributed by atoms with E-state index in [0.29, 0.717) is 40.0 Å². The second-order valence-electron chi connectivity index (χ2n) is 8.35. The van der Waals surface area contributed by atoms with Gasteiger partial charge in [0, 0.05) is 36.1 Å². The van der Waals surface area contributed by atoms with Crippen molar-refractivity contribution in [2.45, 2.75) is 18.5 Å². The Kier molecular flexibility index (Phi) is 7.15. The zero-order chi connectivity index (χ0) is 25.9. The molecule has 0 saturated carbocycles. The lowest BCUT2D eigenvalue weighted by atomic mass is 9.93. The fourth-order valence-corrected chi connectivity index (χ4v) is 4.11. The number of rotatable bonds is 4. The molecule has 9 nitrogen and oxygen atoms in total. The average molecular weight is 499 g/mol. The highest BCUT2D eigenvalue weighted by atomic mass is 19.4. The zero-order valence-corrected chi connectivity index (χ0v) is 19.6. The monoisotopic (exact) mass is 499 g/mol. The van der Waals surface area contributed by atoms with Crippen molar-refractivity contribution in [1.82, 2.24) is 30.0 Å². The third kappa shape index (κ3) is 5.43. The molecule has 4 aromatic rings. The summed E-state index contributed by atoms with van der Waals surface area (Å²) in [5.74, 6) is -0.527. The maximum Gasteiger partial charge on any atom is 0.416 e. The number of fused-ring (bicyclic) bond motifs is 1. The molecule has 36 heavy (non-hydrogen) atoms. The van der Waals surface area contributed by atoms with Gasteiger partial charge in [0.05, 0.1) is 23.9 Å². The van der Waals surface area contributed by atoms with Gasteiger partial charge >= 0.3 is 12.2 Å². The van der Waals surface area contributed by atoms with Crippen LogP contribution >= 0.6 is 0 Å². The molecule has 1 aliphatic heterocycles. The summed E-state index contributed by atoms with van der Waals surface area (Å²) in [6.45, 7) is 1.59. The van der Waals surface area contributed by atoms with Gasteiger partial charge in [0.1, 0.15) is 0 Å². The second kappa shape index (κ2) is 10.3. The quantitative estimate of drug-likeness (QED) is 0.439. The number of H-pyrrole nitrogens is 1. The van der Waals surface area contributed by atoms with Gasteiger partial charge in [-0.15, -0.1) is 0 Å². The molecule has 0 radical (unpaired) electrons. The van der Waals surface area contributed by atoms with Crippen molar-refractivity contribution in [1.29, 1.82) is 0 Å². The number of aromatic amines is 1. The Bertz CT molecular complexity index is 1360. The van der Waals surface area contributed by atoms with Crippen molar-refractivity contribution >= 4 is 16.9 Å². The smallest absolute Gasteiger partial charge is 0.416 e. The van der Waals surface area contributed by atoms with Crippen LogP contribution < -0.4 is 10.5 Å². The minimum absolute atomic E-state index is 0.0165. The number of alkyl halides is 3. The minimum atomic E-state index is -4.24. The molecule has 0 bridgehead atoms. The Balaban J connectivity index is 0.000000174. The maximum atomic E-state index is 12.8. The summed E-state index contributed by atoms with van der Waals surface area (Å²) in [7, 11) is 3.43. The van der Waals surface area contributed by atoms with Crippen LogP contribution in [0.1, 0.15) is 33.8 Å². The van der Waals surface area contributed by atoms with Gasteiger partial charge < -0.3 is 15.4 Å². The van der Waals surface area contributed by atoms with Crippen LogP contribution in [-0.2, 0) is 6.18 Å². The number of nitrogens with one attached hydrogen (secondary N) is 1. The lowest BCUT2D eigenvalue weighted by Gasteiger charge is -2.17. The van der Waals surface area contributed by atoms with Gasteiger partial charge in [-0.25, -0.2) is 15.0 Å². The molecule has 1 amide bonds. The summed E-state index contributed by atoms with van der Waals surface area (Å²) in [6, 6.07) is 7.82. The SMILES string of the molecule is CN1CCC(c2ccccc2C(F)(F)F)C1.COc1ncc(-c2[nH]nc3ncc(C(N)=O)cc23)cn1. The van der Waals surface area contributed by atoms with E-state index in [0.717, 1.165) is 13.0 Å². The van der Waals surface area contributed by atoms with Crippen LogP contribution in [0.5, 0.6) is 6.01 Å². The number of halogens is 3. The van der Waals surface area contributed by atoms with Crippen LogP contribution in [0.25, 0.3) is 22.3 Å². The highest BCUT2D eigenvalue weighted by Gasteiger charge is 2.36. The first kappa shape index (κ1) is 25.0. The van der Waals surface area contributed by atoms with Gasteiger partial charge in [-0.2, -0.15) is 18.3 Å². The number of ether oxygens (including phenoxy) is 1. The Morgan fingerprint density at radius 1 is 1.17 bits per heavy atom. The number of amides is 1. The van der Waals surface area contributed by atoms with E-state index in [9.17, 15) is 18.0 Å². The molecule has 0 aliphatic carbocycles. The number of methoxy groups -OCH3 is 1. The Morgan fingerprint density at radius 3 is 2.50 bits per heavy atom. The summed E-state index contributed by atoms with van der Waals surface area (Å²) in [5, 5.41) is 7.59. The van der Waals surface area contributed by atoms with E-state index in [2.05, 4.69) is 30.0 Å². The summed E-state index contributed by atoms with van der Waals surface area (Å²) in [4.78, 5) is 25.4. The largest absolute Gasteiger partial charge is 0.467 e.